The third-order valence-electron chi connectivity index (χ3n) is 3.76. The predicted molar refractivity (Wildman–Crippen MR) is 102 cm³/mol. The molecule has 1 aliphatic heterocycles. The Kier molecular flexibility index (Phi) is 5.88. The number of allylic oxidation sites excluding steroid dienone is 1. The summed E-state index contributed by atoms with van der Waals surface area (Å²) in [6.07, 6.45) is 5.62. The maximum atomic E-state index is 12.4. The number of carbonyl (C=O) groups is 2. The number of ether oxygens (including phenoxy) is 1. The molecule has 6 heteroatoms. The second kappa shape index (κ2) is 7.90. The van der Waals surface area contributed by atoms with E-state index in [4.69, 9.17) is 17.0 Å². The summed E-state index contributed by atoms with van der Waals surface area (Å²) < 4.78 is 5.62. The van der Waals surface area contributed by atoms with Crippen molar-refractivity contribution in [3.8, 4) is 5.75 Å². The number of carbonyl (C=O) groups excluding carboxylic acids is 2. The van der Waals surface area contributed by atoms with E-state index >= 15 is 0 Å². The predicted octanol–water partition coefficient (Wildman–Crippen LogP) is 2.58. The van der Waals surface area contributed by atoms with Crippen LogP contribution in [0.5, 0.6) is 5.75 Å². The number of thiocarbonyl (C=S) groups is 1. The van der Waals surface area contributed by atoms with Gasteiger partial charge in [-0.15, -0.1) is 6.58 Å². The van der Waals surface area contributed by atoms with Gasteiger partial charge in [-0.1, -0.05) is 24.8 Å². The molecule has 1 aromatic rings. The summed E-state index contributed by atoms with van der Waals surface area (Å²) >= 11 is 5.08. The molecule has 2 amide bonds. The molecule has 25 heavy (non-hydrogen) atoms. The van der Waals surface area contributed by atoms with Crippen LogP contribution in [0.15, 0.2) is 49.1 Å². The second-order valence-electron chi connectivity index (χ2n) is 5.53. The Bertz CT molecular complexity index is 757. The zero-order chi connectivity index (χ0) is 18.6. The zero-order valence-corrected chi connectivity index (χ0v) is 15.1. The summed E-state index contributed by atoms with van der Waals surface area (Å²) in [5, 5.41) is 0.188. The van der Waals surface area contributed by atoms with E-state index in [0.717, 1.165) is 16.9 Å². The third kappa shape index (κ3) is 3.85. The van der Waals surface area contributed by atoms with Crippen LogP contribution in [0.4, 0.5) is 0 Å². The van der Waals surface area contributed by atoms with Crippen molar-refractivity contribution in [1.82, 2.24) is 9.80 Å². The summed E-state index contributed by atoms with van der Waals surface area (Å²) in [4.78, 5) is 27.3. The Morgan fingerprint density at radius 1 is 1.12 bits per heavy atom. The van der Waals surface area contributed by atoms with Gasteiger partial charge in [0.1, 0.15) is 17.9 Å². The van der Waals surface area contributed by atoms with Crippen LogP contribution < -0.4 is 4.74 Å². The molecule has 0 aliphatic carbocycles. The largest absolute Gasteiger partial charge is 0.489 e. The molecule has 0 N–H and O–H groups in total. The van der Waals surface area contributed by atoms with Crippen molar-refractivity contribution in [1.29, 1.82) is 0 Å². The number of hydrogen-bond donors (Lipinski definition) is 0. The Morgan fingerprint density at radius 2 is 1.76 bits per heavy atom. The zero-order valence-electron chi connectivity index (χ0n) is 14.3. The first kappa shape index (κ1) is 18.6. The van der Waals surface area contributed by atoms with Crippen LogP contribution in [0.25, 0.3) is 6.08 Å². The van der Waals surface area contributed by atoms with Crippen LogP contribution >= 0.6 is 12.2 Å². The lowest BCUT2D eigenvalue weighted by Crippen LogP contribution is -2.52. The van der Waals surface area contributed by atoms with Gasteiger partial charge in [-0.05, 0) is 48.0 Å². The molecule has 0 unspecified atom stereocenters. The molecule has 0 aromatic heterocycles. The number of benzene rings is 1. The van der Waals surface area contributed by atoms with Gasteiger partial charge >= 0.3 is 0 Å². The summed E-state index contributed by atoms with van der Waals surface area (Å²) in [5.41, 5.74) is 1.72. The van der Waals surface area contributed by atoms with Crippen molar-refractivity contribution in [2.24, 2.45) is 0 Å². The minimum Gasteiger partial charge on any atom is -0.489 e. The van der Waals surface area contributed by atoms with Crippen molar-refractivity contribution < 1.29 is 14.3 Å². The van der Waals surface area contributed by atoms with Crippen molar-refractivity contribution in [2.75, 3.05) is 20.7 Å². The topological polar surface area (TPSA) is 49.9 Å². The Hall–Kier alpha value is -2.73. The number of nitrogens with zero attached hydrogens (tertiary/aromatic N) is 2. The smallest absolute Gasteiger partial charge is 0.265 e. The van der Waals surface area contributed by atoms with Gasteiger partial charge in [-0.2, -0.15) is 0 Å². The third-order valence-corrected chi connectivity index (χ3v) is 4.31. The fourth-order valence-corrected chi connectivity index (χ4v) is 2.60. The minimum absolute atomic E-state index is 0.0721. The lowest BCUT2D eigenvalue weighted by atomic mass is 10.0. The van der Waals surface area contributed by atoms with E-state index in [-0.39, 0.29) is 10.7 Å². The SMILES string of the molecule is C=CCOc1ccc(C=C2C(=O)N(C)C(=S)N(C)C2=O)cc1CC=C. The first-order chi connectivity index (χ1) is 11.9. The summed E-state index contributed by atoms with van der Waals surface area (Å²) in [7, 11) is 3.10. The van der Waals surface area contributed by atoms with Crippen molar-refractivity contribution in [2.45, 2.75) is 6.42 Å². The average Bonchev–Trinajstić information content (AvgIpc) is 2.61. The first-order valence-corrected chi connectivity index (χ1v) is 8.10. The Balaban J connectivity index is 2.42. The number of rotatable bonds is 6. The van der Waals surface area contributed by atoms with E-state index in [2.05, 4.69) is 13.2 Å². The van der Waals surface area contributed by atoms with E-state index in [1.54, 1.807) is 38.4 Å². The Morgan fingerprint density at radius 3 is 2.32 bits per heavy atom. The second-order valence-corrected chi connectivity index (χ2v) is 5.89. The van der Waals surface area contributed by atoms with Gasteiger partial charge in [0, 0.05) is 14.1 Å². The molecule has 0 spiro atoms. The van der Waals surface area contributed by atoms with Gasteiger partial charge in [-0.3, -0.25) is 19.4 Å². The van der Waals surface area contributed by atoms with Crippen molar-refractivity contribution >= 4 is 35.2 Å². The Labute approximate surface area is 152 Å². The fourth-order valence-electron chi connectivity index (χ4n) is 2.44. The van der Waals surface area contributed by atoms with Gasteiger partial charge in [0.05, 0.1) is 0 Å². The van der Waals surface area contributed by atoms with Gasteiger partial charge in [0.15, 0.2) is 5.11 Å². The van der Waals surface area contributed by atoms with Crippen molar-refractivity contribution in [3.63, 3.8) is 0 Å². The molecule has 1 heterocycles. The quantitative estimate of drug-likeness (QED) is 0.340. The molecule has 0 radical (unpaired) electrons. The van der Waals surface area contributed by atoms with E-state index in [1.165, 1.54) is 9.80 Å². The van der Waals surface area contributed by atoms with Crippen LogP contribution in [0.1, 0.15) is 11.1 Å². The maximum absolute atomic E-state index is 12.4. The fraction of sp³-hybridized carbons (Fsp3) is 0.211. The summed E-state index contributed by atoms with van der Waals surface area (Å²) in [5.74, 6) is -0.102. The van der Waals surface area contributed by atoms with E-state index in [1.807, 2.05) is 12.1 Å². The van der Waals surface area contributed by atoms with Crippen LogP contribution in [0.2, 0.25) is 0 Å². The monoisotopic (exact) mass is 356 g/mol. The summed E-state index contributed by atoms with van der Waals surface area (Å²) in [6.45, 7) is 7.78. The maximum Gasteiger partial charge on any atom is 0.265 e. The number of hydrogen-bond acceptors (Lipinski definition) is 4. The number of likely N-dealkylation sites (N-methyl/N-ethyl adjacent to an activating group) is 2. The van der Waals surface area contributed by atoms with Crippen LogP contribution in [-0.4, -0.2) is 47.4 Å². The van der Waals surface area contributed by atoms with Gasteiger partial charge in [0.2, 0.25) is 0 Å². The molecule has 1 fully saturated rings. The van der Waals surface area contributed by atoms with Crippen LogP contribution in [0, 0.1) is 0 Å². The van der Waals surface area contributed by atoms with Crippen LogP contribution in [0.3, 0.4) is 0 Å². The molecule has 1 aromatic carbocycles. The minimum atomic E-state index is -0.412. The van der Waals surface area contributed by atoms with Gasteiger partial charge < -0.3 is 4.74 Å². The number of amides is 2. The molecule has 0 saturated carbocycles. The molecular formula is C19H20N2O3S. The normalized spacial score (nSPS) is 14.6. The molecule has 0 atom stereocenters. The first-order valence-electron chi connectivity index (χ1n) is 7.70. The molecule has 1 aliphatic rings. The molecule has 130 valence electrons. The van der Waals surface area contributed by atoms with E-state index in [0.29, 0.717) is 13.0 Å². The van der Waals surface area contributed by atoms with E-state index < -0.39 is 11.8 Å². The highest BCUT2D eigenvalue weighted by Crippen LogP contribution is 2.24. The highest BCUT2D eigenvalue weighted by Gasteiger charge is 2.35. The molecular weight excluding hydrogens is 336 g/mol. The highest BCUT2D eigenvalue weighted by atomic mass is 32.1. The average molecular weight is 356 g/mol. The lowest BCUT2D eigenvalue weighted by Gasteiger charge is -2.31. The van der Waals surface area contributed by atoms with Crippen LogP contribution in [-0.2, 0) is 16.0 Å². The molecule has 5 nitrogen and oxygen atoms in total. The van der Waals surface area contributed by atoms with E-state index in [9.17, 15) is 9.59 Å². The van der Waals surface area contributed by atoms with Gasteiger partial charge in [0.25, 0.3) is 11.8 Å². The molecule has 2 rings (SSSR count). The standard InChI is InChI=1S/C19H20N2O3S/c1-5-7-14-11-13(8-9-16(14)24-10-6-2)12-15-17(22)20(3)19(25)21(4)18(15)23/h5-6,8-9,11-12H,1-2,7,10H2,3-4H3. The summed E-state index contributed by atoms with van der Waals surface area (Å²) in [6, 6.07) is 5.48. The lowest BCUT2D eigenvalue weighted by molar-refractivity contribution is -0.132. The molecule has 1 saturated heterocycles. The highest BCUT2D eigenvalue weighted by molar-refractivity contribution is 7.80. The molecule has 0 bridgehead atoms. The van der Waals surface area contributed by atoms with Gasteiger partial charge in [-0.25, -0.2) is 0 Å². The van der Waals surface area contributed by atoms with Crippen molar-refractivity contribution in [3.05, 3.63) is 60.2 Å².